The minimum atomic E-state index is -0.821. The number of benzene rings is 1. The molecule has 4 N–H and O–H groups in total. The Kier molecular flexibility index (Phi) is 5.67. The molecule has 0 saturated heterocycles. The Balaban J connectivity index is 2.49. The second kappa shape index (κ2) is 7.03. The molecule has 0 fully saturated rings. The van der Waals surface area contributed by atoms with E-state index in [-0.39, 0.29) is 11.7 Å². The number of carbonyl (C=O) groups is 2. The van der Waals surface area contributed by atoms with Gasteiger partial charge in [-0.25, -0.2) is 4.79 Å². The van der Waals surface area contributed by atoms with E-state index in [0.717, 1.165) is 4.90 Å². The fourth-order valence-electron chi connectivity index (χ4n) is 1.34. The molecule has 98 valence electrons. The van der Waals surface area contributed by atoms with Crippen molar-refractivity contribution in [3.05, 3.63) is 29.8 Å². The number of imide groups is 1. The van der Waals surface area contributed by atoms with Crippen LogP contribution in [0.3, 0.4) is 0 Å². The minimum absolute atomic E-state index is 0.171. The van der Waals surface area contributed by atoms with Crippen LogP contribution in [-0.4, -0.2) is 24.7 Å². The van der Waals surface area contributed by atoms with E-state index in [9.17, 15) is 9.59 Å². The van der Waals surface area contributed by atoms with Gasteiger partial charge in [-0.1, -0.05) is 12.1 Å². The summed E-state index contributed by atoms with van der Waals surface area (Å²) >= 11 is 1.36. The zero-order valence-electron chi connectivity index (χ0n) is 10.4. The number of nitrogens with two attached hydrogens (primary N) is 1. The van der Waals surface area contributed by atoms with Crippen molar-refractivity contribution in [2.24, 2.45) is 5.73 Å². The van der Waals surface area contributed by atoms with Gasteiger partial charge in [-0.3, -0.25) is 10.1 Å². The highest BCUT2D eigenvalue weighted by atomic mass is 32.2. The van der Waals surface area contributed by atoms with Crippen molar-refractivity contribution in [3.8, 4) is 0 Å². The van der Waals surface area contributed by atoms with Crippen molar-refractivity contribution in [3.63, 3.8) is 0 Å². The number of nitrogens with one attached hydrogen (secondary N) is 2. The maximum Gasteiger partial charge on any atom is 0.318 e. The smallest absolute Gasteiger partial charge is 0.318 e. The third-order valence-electron chi connectivity index (χ3n) is 2.45. The SMILES string of the molecule is CNC(C)c1ccc(SCC(=O)NC(N)=O)cc1. The van der Waals surface area contributed by atoms with Crippen LogP contribution in [0.15, 0.2) is 29.2 Å². The molecule has 0 heterocycles. The van der Waals surface area contributed by atoms with Crippen molar-refractivity contribution in [1.29, 1.82) is 0 Å². The summed E-state index contributed by atoms with van der Waals surface area (Å²) in [7, 11) is 1.90. The molecule has 0 bridgehead atoms. The number of thioether (sulfide) groups is 1. The summed E-state index contributed by atoms with van der Waals surface area (Å²) in [5.41, 5.74) is 6.03. The molecule has 18 heavy (non-hydrogen) atoms. The minimum Gasteiger partial charge on any atom is -0.351 e. The lowest BCUT2D eigenvalue weighted by Gasteiger charge is -2.10. The summed E-state index contributed by atoms with van der Waals surface area (Å²) in [6.07, 6.45) is 0. The molecule has 6 heteroatoms. The predicted octanol–water partition coefficient (Wildman–Crippen LogP) is 1.25. The lowest BCUT2D eigenvalue weighted by Crippen LogP contribution is -2.36. The van der Waals surface area contributed by atoms with Gasteiger partial charge in [0.25, 0.3) is 0 Å². The summed E-state index contributed by atoms with van der Waals surface area (Å²) in [6.45, 7) is 2.07. The standard InChI is InChI=1S/C12H17N3O2S/c1-8(14-2)9-3-5-10(6-4-9)18-7-11(16)15-12(13)17/h3-6,8,14H,7H2,1-2H3,(H3,13,15,16,17). The van der Waals surface area contributed by atoms with Gasteiger partial charge >= 0.3 is 6.03 Å². The zero-order chi connectivity index (χ0) is 13.5. The highest BCUT2D eigenvalue weighted by molar-refractivity contribution is 8.00. The van der Waals surface area contributed by atoms with E-state index in [1.807, 2.05) is 36.6 Å². The summed E-state index contributed by atoms with van der Waals surface area (Å²) in [5.74, 6) is -0.218. The molecule has 0 aliphatic rings. The van der Waals surface area contributed by atoms with Crippen LogP contribution in [0.4, 0.5) is 4.79 Å². The number of urea groups is 1. The third-order valence-corrected chi connectivity index (χ3v) is 3.46. The Morgan fingerprint density at radius 1 is 1.33 bits per heavy atom. The molecule has 0 aliphatic heterocycles. The molecule has 0 spiro atoms. The molecule has 3 amide bonds. The molecule has 1 atom stereocenters. The predicted molar refractivity (Wildman–Crippen MR) is 72.4 cm³/mol. The molecule has 1 aromatic rings. The van der Waals surface area contributed by atoms with Crippen LogP contribution in [0.25, 0.3) is 0 Å². The first kappa shape index (κ1) is 14.5. The number of amides is 3. The number of rotatable bonds is 5. The first-order valence-electron chi connectivity index (χ1n) is 5.52. The molecule has 0 aromatic heterocycles. The summed E-state index contributed by atoms with van der Waals surface area (Å²) in [6, 6.07) is 7.39. The van der Waals surface area contributed by atoms with E-state index in [0.29, 0.717) is 6.04 Å². The lowest BCUT2D eigenvalue weighted by molar-refractivity contribution is -0.117. The molecule has 0 radical (unpaired) electrons. The summed E-state index contributed by atoms with van der Waals surface area (Å²) < 4.78 is 0. The zero-order valence-corrected chi connectivity index (χ0v) is 11.2. The second-order valence-corrected chi connectivity index (χ2v) is 4.83. The van der Waals surface area contributed by atoms with E-state index < -0.39 is 6.03 Å². The van der Waals surface area contributed by atoms with Crippen molar-refractivity contribution in [2.45, 2.75) is 17.9 Å². The third kappa shape index (κ3) is 4.77. The van der Waals surface area contributed by atoms with E-state index >= 15 is 0 Å². The van der Waals surface area contributed by atoms with Gasteiger partial charge in [-0.05, 0) is 31.7 Å². The average Bonchev–Trinajstić information content (AvgIpc) is 2.35. The number of carbonyl (C=O) groups excluding carboxylic acids is 2. The first-order chi connectivity index (χ1) is 8.52. The monoisotopic (exact) mass is 267 g/mol. The van der Waals surface area contributed by atoms with E-state index in [1.54, 1.807) is 0 Å². The van der Waals surface area contributed by atoms with E-state index in [1.165, 1.54) is 17.3 Å². The van der Waals surface area contributed by atoms with Gasteiger partial charge in [0.1, 0.15) is 0 Å². The number of primary amides is 1. The average molecular weight is 267 g/mol. The van der Waals surface area contributed by atoms with Crippen LogP contribution in [0, 0.1) is 0 Å². The van der Waals surface area contributed by atoms with Crippen molar-refractivity contribution in [1.82, 2.24) is 10.6 Å². The molecular formula is C12H17N3O2S. The van der Waals surface area contributed by atoms with Crippen LogP contribution < -0.4 is 16.4 Å². The fourth-order valence-corrected chi connectivity index (χ4v) is 2.04. The van der Waals surface area contributed by atoms with Crippen molar-refractivity contribution < 1.29 is 9.59 Å². The molecule has 1 rings (SSSR count). The Hall–Kier alpha value is -1.53. The maximum atomic E-state index is 11.2. The Bertz CT molecular complexity index is 420. The van der Waals surface area contributed by atoms with Gasteiger partial charge in [0.05, 0.1) is 5.75 Å². The normalized spacial score (nSPS) is 11.9. The highest BCUT2D eigenvalue weighted by Crippen LogP contribution is 2.20. The molecule has 1 unspecified atom stereocenters. The first-order valence-corrected chi connectivity index (χ1v) is 6.50. The Labute approximate surface area is 111 Å². The van der Waals surface area contributed by atoms with E-state index in [4.69, 9.17) is 5.73 Å². The van der Waals surface area contributed by atoms with Gasteiger partial charge in [0.2, 0.25) is 5.91 Å². The number of hydrogen-bond acceptors (Lipinski definition) is 4. The van der Waals surface area contributed by atoms with Gasteiger partial charge in [0, 0.05) is 10.9 Å². The van der Waals surface area contributed by atoms with Crippen molar-refractivity contribution >= 4 is 23.7 Å². The van der Waals surface area contributed by atoms with E-state index in [2.05, 4.69) is 12.2 Å². The number of hydrogen-bond donors (Lipinski definition) is 3. The van der Waals surface area contributed by atoms with Crippen LogP contribution in [0.5, 0.6) is 0 Å². The highest BCUT2D eigenvalue weighted by Gasteiger charge is 2.06. The largest absolute Gasteiger partial charge is 0.351 e. The van der Waals surface area contributed by atoms with Gasteiger partial charge in [0.15, 0.2) is 0 Å². The topological polar surface area (TPSA) is 84.2 Å². The van der Waals surface area contributed by atoms with Gasteiger partial charge < -0.3 is 11.1 Å². The Morgan fingerprint density at radius 3 is 2.44 bits per heavy atom. The summed E-state index contributed by atoms with van der Waals surface area (Å²) in [5, 5.41) is 5.17. The molecule has 1 aromatic carbocycles. The van der Waals surface area contributed by atoms with Crippen LogP contribution in [0.1, 0.15) is 18.5 Å². The van der Waals surface area contributed by atoms with Gasteiger partial charge in [-0.2, -0.15) is 0 Å². The molecule has 0 saturated carbocycles. The Morgan fingerprint density at radius 2 is 1.94 bits per heavy atom. The van der Waals surface area contributed by atoms with Crippen LogP contribution in [-0.2, 0) is 4.79 Å². The fraction of sp³-hybridized carbons (Fsp3) is 0.333. The maximum absolute atomic E-state index is 11.2. The second-order valence-electron chi connectivity index (χ2n) is 3.78. The van der Waals surface area contributed by atoms with Gasteiger partial charge in [-0.15, -0.1) is 11.8 Å². The van der Waals surface area contributed by atoms with Crippen molar-refractivity contribution in [2.75, 3.05) is 12.8 Å². The lowest BCUT2D eigenvalue weighted by atomic mass is 10.1. The molecule has 5 nitrogen and oxygen atoms in total. The van der Waals surface area contributed by atoms with Crippen LogP contribution >= 0.6 is 11.8 Å². The van der Waals surface area contributed by atoms with Crippen LogP contribution in [0.2, 0.25) is 0 Å². The summed E-state index contributed by atoms with van der Waals surface area (Å²) in [4.78, 5) is 22.6. The quantitative estimate of drug-likeness (QED) is 0.701. The molecular weight excluding hydrogens is 250 g/mol. The molecule has 0 aliphatic carbocycles.